The van der Waals surface area contributed by atoms with E-state index in [-0.39, 0.29) is 6.04 Å². The molecule has 0 amide bonds. The molecule has 6 nitrogen and oxygen atoms in total. The molecule has 0 bridgehead atoms. The number of nitrogens with one attached hydrogen (secondary N) is 1. The fourth-order valence-corrected chi connectivity index (χ4v) is 2.93. The Bertz CT molecular complexity index is 546. The molecule has 3 rings (SSSR count). The maximum Gasteiger partial charge on any atom is 0.252 e. The Morgan fingerprint density at radius 2 is 1.95 bits per heavy atom. The minimum Gasteiger partial charge on any atom is -0.307 e. The first-order valence-electron chi connectivity index (χ1n) is 7.75. The van der Waals surface area contributed by atoms with Gasteiger partial charge in [0.1, 0.15) is 6.33 Å². The van der Waals surface area contributed by atoms with Crippen molar-refractivity contribution in [2.75, 3.05) is 6.54 Å². The van der Waals surface area contributed by atoms with Gasteiger partial charge in [0.25, 0.3) is 5.95 Å². The van der Waals surface area contributed by atoms with Crippen molar-refractivity contribution >= 4 is 0 Å². The Kier molecular flexibility index (Phi) is 4.55. The number of hydrogen-bond acceptors (Lipinski definition) is 5. The van der Waals surface area contributed by atoms with Crippen LogP contribution in [0.3, 0.4) is 0 Å². The zero-order valence-electron chi connectivity index (χ0n) is 12.4. The van der Waals surface area contributed by atoms with Gasteiger partial charge in [-0.25, -0.2) is 15.0 Å². The average molecular weight is 286 g/mol. The molecule has 2 aromatic heterocycles. The van der Waals surface area contributed by atoms with Crippen LogP contribution in [0.25, 0.3) is 5.95 Å². The second-order valence-corrected chi connectivity index (χ2v) is 5.71. The number of aromatic nitrogens is 5. The highest BCUT2D eigenvalue weighted by molar-refractivity contribution is 5.11. The van der Waals surface area contributed by atoms with Crippen LogP contribution in [0.4, 0.5) is 0 Å². The van der Waals surface area contributed by atoms with Crippen LogP contribution in [0.15, 0.2) is 24.8 Å². The predicted molar refractivity (Wildman–Crippen MR) is 79.9 cm³/mol. The lowest BCUT2D eigenvalue weighted by Gasteiger charge is -2.23. The van der Waals surface area contributed by atoms with Gasteiger partial charge in [-0.3, -0.25) is 0 Å². The van der Waals surface area contributed by atoms with Crippen molar-refractivity contribution in [3.05, 3.63) is 30.6 Å². The Hall–Kier alpha value is -1.82. The molecule has 2 aromatic rings. The average Bonchev–Trinajstić information content (AvgIpc) is 3.04. The Labute approximate surface area is 125 Å². The molecular formula is C15H22N6. The minimum atomic E-state index is 0.137. The molecule has 1 saturated carbocycles. The molecule has 1 fully saturated rings. The van der Waals surface area contributed by atoms with Gasteiger partial charge in [-0.05, 0) is 38.3 Å². The zero-order chi connectivity index (χ0) is 14.5. The highest BCUT2D eigenvalue weighted by Crippen LogP contribution is 2.23. The molecule has 21 heavy (non-hydrogen) atoms. The second kappa shape index (κ2) is 6.76. The second-order valence-electron chi connectivity index (χ2n) is 5.71. The van der Waals surface area contributed by atoms with Crippen LogP contribution in [-0.2, 0) is 0 Å². The third-order valence-electron chi connectivity index (χ3n) is 4.14. The summed E-state index contributed by atoms with van der Waals surface area (Å²) in [6, 6.07) is 1.93. The van der Waals surface area contributed by atoms with E-state index in [1.165, 1.54) is 32.1 Å². The summed E-state index contributed by atoms with van der Waals surface area (Å²) in [6.07, 6.45) is 11.8. The van der Waals surface area contributed by atoms with E-state index in [1.807, 2.05) is 0 Å². The molecule has 1 atom stereocenters. The normalized spacial score (nSPS) is 17.8. The van der Waals surface area contributed by atoms with Gasteiger partial charge in [0, 0.05) is 12.4 Å². The number of nitrogens with zero attached hydrogens (tertiary/aromatic N) is 5. The van der Waals surface area contributed by atoms with Gasteiger partial charge in [0.15, 0.2) is 5.82 Å². The monoisotopic (exact) mass is 286 g/mol. The van der Waals surface area contributed by atoms with Crippen LogP contribution < -0.4 is 5.32 Å². The molecular weight excluding hydrogens is 264 g/mol. The van der Waals surface area contributed by atoms with Gasteiger partial charge < -0.3 is 5.32 Å². The molecule has 0 aromatic carbocycles. The SMILES string of the molecule is CC(NCC1CCCCC1)c1ncnn1-c1ncccn1. The molecule has 2 heterocycles. The standard InChI is InChI=1S/C15H22N6/c1-12(18-10-13-6-3-2-4-7-13)14-19-11-20-21(14)15-16-8-5-9-17-15/h5,8-9,11-13,18H,2-4,6-7,10H2,1H3. The van der Waals surface area contributed by atoms with Crippen molar-refractivity contribution in [2.45, 2.75) is 45.1 Å². The lowest BCUT2D eigenvalue weighted by atomic mass is 9.89. The number of rotatable bonds is 5. The molecule has 0 spiro atoms. The highest BCUT2D eigenvalue weighted by Gasteiger charge is 2.18. The first-order chi connectivity index (χ1) is 10.3. The molecule has 0 saturated heterocycles. The summed E-state index contributed by atoms with van der Waals surface area (Å²) in [6.45, 7) is 3.16. The maximum atomic E-state index is 4.37. The van der Waals surface area contributed by atoms with Gasteiger partial charge in [0.2, 0.25) is 0 Å². The van der Waals surface area contributed by atoms with Crippen LogP contribution >= 0.6 is 0 Å². The van der Waals surface area contributed by atoms with Crippen LogP contribution in [0.1, 0.15) is 50.9 Å². The Balaban J connectivity index is 1.65. The van der Waals surface area contributed by atoms with E-state index >= 15 is 0 Å². The van der Waals surface area contributed by atoms with Crippen molar-refractivity contribution in [1.29, 1.82) is 0 Å². The molecule has 0 radical (unpaired) electrons. The smallest absolute Gasteiger partial charge is 0.252 e. The summed E-state index contributed by atoms with van der Waals surface area (Å²) in [5.74, 6) is 2.22. The van der Waals surface area contributed by atoms with Crippen LogP contribution in [0.5, 0.6) is 0 Å². The van der Waals surface area contributed by atoms with Crippen molar-refractivity contribution < 1.29 is 0 Å². The highest BCUT2D eigenvalue weighted by atomic mass is 15.4. The third kappa shape index (κ3) is 3.44. The lowest BCUT2D eigenvalue weighted by molar-refractivity contribution is 0.328. The maximum absolute atomic E-state index is 4.37. The summed E-state index contributed by atoms with van der Waals surface area (Å²) < 4.78 is 1.71. The first kappa shape index (κ1) is 14.1. The summed E-state index contributed by atoms with van der Waals surface area (Å²) in [5, 5.41) is 7.83. The molecule has 1 aliphatic rings. The van der Waals surface area contributed by atoms with Gasteiger partial charge in [-0.15, -0.1) is 0 Å². The zero-order valence-corrected chi connectivity index (χ0v) is 12.4. The van der Waals surface area contributed by atoms with Gasteiger partial charge in [-0.2, -0.15) is 9.78 Å². The molecule has 1 unspecified atom stereocenters. The fourth-order valence-electron chi connectivity index (χ4n) is 2.93. The van der Waals surface area contributed by atoms with E-state index in [1.54, 1.807) is 29.5 Å². The Morgan fingerprint density at radius 1 is 1.19 bits per heavy atom. The van der Waals surface area contributed by atoms with E-state index in [0.29, 0.717) is 5.95 Å². The number of hydrogen-bond donors (Lipinski definition) is 1. The Morgan fingerprint density at radius 3 is 2.71 bits per heavy atom. The first-order valence-corrected chi connectivity index (χ1v) is 7.75. The topological polar surface area (TPSA) is 68.5 Å². The summed E-state index contributed by atoms with van der Waals surface area (Å²) in [7, 11) is 0. The summed E-state index contributed by atoms with van der Waals surface area (Å²) in [4.78, 5) is 12.8. The van der Waals surface area contributed by atoms with Crippen molar-refractivity contribution in [1.82, 2.24) is 30.0 Å². The van der Waals surface area contributed by atoms with Crippen molar-refractivity contribution in [3.8, 4) is 5.95 Å². The van der Waals surface area contributed by atoms with Gasteiger partial charge in [0.05, 0.1) is 6.04 Å². The quantitative estimate of drug-likeness (QED) is 0.913. The third-order valence-corrected chi connectivity index (χ3v) is 4.14. The molecule has 6 heteroatoms. The van der Waals surface area contributed by atoms with E-state index in [9.17, 15) is 0 Å². The van der Waals surface area contributed by atoms with Gasteiger partial charge in [-0.1, -0.05) is 19.3 Å². The lowest BCUT2D eigenvalue weighted by Crippen LogP contribution is -2.29. The largest absolute Gasteiger partial charge is 0.307 e. The van der Waals surface area contributed by atoms with E-state index < -0.39 is 0 Å². The fraction of sp³-hybridized carbons (Fsp3) is 0.600. The molecule has 112 valence electrons. The predicted octanol–water partition coefficient (Wildman–Crippen LogP) is 2.29. The van der Waals surface area contributed by atoms with Crippen molar-refractivity contribution in [3.63, 3.8) is 0 Å². The van der Waals surface area contributed by atoms with Gasteiger partial charge >= 0.3 is 0 Å². The molecule has 1 aliphatic carbocycles. The van der Waals surface area contributed by atoms with E-state index in [2.05, 4.69) is 32.3 Å². The summed E-state index contributed by atoms with van der Waals surface area (Å²) >= 11 is 0. The molecule has 0 aliphatic heterocycles. The van der Waals surface area contributed by atoms with Crippen LogP contribution in [0, 0.1) is 5.92 Å². The summed E-state index contributed by atoms with van der Waals surface area (Å²) in [5.41, 5.74) is 0. The van der Waals surface area contributed by atoms with Crippen molar-refractivity contribution in [2.24, 2.45) is 5.92 Å². The van der Waals surface area contributed by atoms with Crippen LogP contribution in [0.2, 0.25) is 0 Å². The minimum absolute atomic E-state index is 0.137. The van der Waals surface area contributed by atoms with E-state index in [0.717, 1.165) is 18.3 Å². The van der Waals surface area contributed by atoms with E-state index in [4.69, 9.17) is 0 Å². The molecule has 1 N–H and O–H groups in total. The van der Waals surface area contributed by atoms with Crippen LogP contribution in [-0.4, -0.2) is 31.3 Å².